The molecular weight excluding hydrogens is 270 g/mol. The van der Waals surface area contributed by atoms with Gasteiger partial charge in [-0.2, -0.15) is 0 Å². The molecule has 2 fully saturated rings. The quantitative estimate of drug-likeness (QED) is 0.929. The molecule has 0 radical (unpaired) electrons. The molecule has 4 heteroatoms. The number of likely N-dealkylation sites (tertiary alicyclic amines) is 1. The molecule has 2 aliphatic heterocycles. The minimum atomic E-state index is 0. The molecule has 0 bridgehead atoms. The second kappa shape index (κ2) is 7.39. The first-order valence-corrected chi connectivity index (χ1v) is 7.68. The Kier molecular flexibility index (Phi) is 5.82. The smallest absolute Gasteiger partial charge is 0.0315 e. The molecule has 20 heavy (non-hydrogen) atoms. The van der Waals surface area contributed by atoms with Gasteiger partial charge in [0.15, 0.2) is 0 Å². The molecule has 3 rings (SSSR count). The standard InChI is InChI=1S/C16H25N3.ClH/c1-13-4-8-17-11-15(13)12-19-9-5-14(6-10-19)16-3-2-7-18-16;/h4,8,11,14,16,18H,2-3,5-7,9-10,12H2,1H3;1H. The van der Waals surface area contributed by atoms with Crippen molar-refractivity contribution in [1.29, 1.82) is 0 Å². The summed E-state index contributed by atoms with van der Waals surface area (Å²) in [6, 6.07) is 2.92. The predicted molar refractivity (Wildman–Crippen MR) is 85.2 cm³/mol. The Morgan fingerprint density at radius 3 is 2.75 bits per heavy atom. The third-order valence-corrected chi connectivity index (χ3v) is 4.84. The molecule has 112 valence electrons. The van der Waals surface area contributed by atoms with Gasteiger partial charge in [-0.05, 0) is 75.4 Å². The van der Waals surface area contributed by atoms with Crippen LogP contribution < -0.4 is 5.32 Å². The molecular formula is C16H26ClN3. The second-order valence-electron chi connectivity index (χ2n) is 6.12. The number of hydrogen-bond donors (Lipinski definition) is 1. The molecule has 1 N–H and O–H groups in total. The highest BCUT2D eigenvalue weighted by molar-refractivity contribution is 5.85. The molecule has 0 aliphatic carbocycles. The van der Waals surface area contributed by atoms with Crippen molar-refractivity contribution in [2.75, 3.05) is 19.6 Å². The van der Waals surface area contributed by atoms with E-state index in [4.69, 9.17) is 0 Å². The molecule has 2 aliphatic rings. The van der Waals surface area contributed by atoms with Crippen LogP contribution in [0.2, 0.25) is 0 Å². The van der Waals surface area contributed by atoms with E-state index >= 15 is 0 Å². The molecule has 2 saturated heterocycles. The van der Waals surface area contributed by atoms with Crippen LogP contribution >= 0.6 is 12.4 Å². The van der Waals surface area contributed by atoms with Gasteiger partial charge in [0.2, 0.25) is 0 Å². The van der Waals surface area contributed by atoms with E-state index in [9.17, 15) is 0 Å². The van der Waals surface area contributed by atoms with Gasteiger partial charge in [-0.25, -0.2) is 0 Å². The molecule has 3 heterocycles. The van der Waals surface area contributed by atoms with Crippen LogP contribution in [0, 0.1) is 12.8 Å². The Morgan fingerprint density at radius 1 is 1.30 bits per heavy atom. The summed E-state index contributed by atoms with van der Waals surface area (Å²) >= 11 is 0. The molecule has 0 amide bonds. The number of pyridine rings is 1. The maximum absolute atomic E-state index is 4.25. The predicted octanol–water partition coefficient (Wildman–Crippen LogP) is 2.78. The lowest BCUT2D eigenvalue weighted by molar-refractivity contribution is 0.157. The van der Waals surface area contributed by atoms with E-state index in [1.54, 1.807) is 0 Å². The highest BCUT2D eigenvalue weighted by Gasteiger charge is 2.28. The number of nitrogens with zero attached hydrogens (tertiary/aromatic N) is 2. The summed E-state index contributed by atoms with van der Waals surface area (Å²) in [6.07, 6.45) is 9.40. The van der Waals surface area contributed by atoms with E-state index in [-0.39, 0.29) is 12.4 Å². The van der Waals surface area contributed by atoms with Crippen molar-refractivity contribution in [1.82, 2.24) is 15.2 Å². The first-order chi connectivity index (χ1) is 9.33. The molecule has 3 nitrogen and oxygen atoms in total. The van der Waals surface area contributed by atoms with E-state index in [0.717, 1.165) is 18.5 Å². The topological polar surface area (TPSA) is 28.2 Å². The van der Waals surface area contributed by atoms with E-state index in [1.165, 1.54) is 56.4 Å². The minimum Gasteiger partial charge on any atom is -0.314 e. The average molecular weight is 296 g/mol. The van der Waals surface area contributed by atoms with Crippen molar-refractivity contribution >= 4 is 12.4 Å². The zero-order valence-electron chi connectivity index (χ0n) is 12.3. The van der Waals surface area contributed by atoms with Crippen LogP contribution in [-0.4, -0.2) is 35.6 Å². The summed E-state index contributed by atoms with van der Waals surface area (Å²) in [5.41, 5.74) is 2.76. The van der Waals surface area contributed by atoms with Gasteiger partial charge in [-0.3, -0.25) is 9.88 Å². The lowest BCUT2D eigenvalue weighted by atomic mass is 9.88. The van der Waals surface area contributed by atoms with E-state index < -0.39 is 0 Å². The van der Waals surface area contributed by atoms with Gasteiger partial charge in [0.25, 0.3) is 0 Å². The average Bonchev–Trinajstić information content (AvgIpc) is 2.96. The van der Waals surface area contributed by atoms with Crippen molar-refractivity contribution in [3.8, 4) is 0 Å². The van der Waals surface area contributed by atoms with Crippen LogP contribution in [-0.2, 0) is 6.54 Å². The fraction of sp³-hybridized carbons (Fsp3) is 0.688. The van der Waals surface area contributed by atoms with E-state index in [0.29, 0.717) is 0 Å². The van der Waals surface area contributed by atoms with Crippen LogP contribution in [0.3, 0.4) is 0 Å². The van der Waals surface area contributed by atoms with Gasteiger partial charge in [0.05, 0.1) is 0 Å². The highest BCUT2D eigenvalue weighted by Crippen LogP contribution is 2.26. The van der Waals surface area contributed by atoms with Crippen molar-refractivity contribution < 1.29 is 0 Å². The van der Waals surface area contributed by atoms with E-state index in [2.05, 4.69) is 28.2 Å². The SMILES string of the molecule is Cc1ccncc1CN1CCC(C2CCCN2)CC1.Cl. The summed E-state index contributed by atoms with van der Waals surface area (Å²) in [7, 11) is 0. The summed E-state index contributed by atoms with van der Waals surface area (Å²) in [5.74, 6) is 0.911. The highest BCUT2D eigenvalue weighted by atomic mass is 35.5. The number of piperidine rings is 1. The van der Waals surface area contributed by atoms with Gasteiger partial charge in [-0.15, -0.1) is 12.4 Å². The van der Waals surface area contributed by atoms with Crippen molar-refractivity contribution in [3.63, 3.8) is 0 Å². The second-order valence-corrected chi connectivity index (χ2v) is 6.12. The third-order valence-electron chi connectivity index (χ3n) is 4.84. The Labute approximate surface area is 128 Å². The number of aromatic nitrogens is 1. The molecule has 1 aromatic heterocycles. The molecule has 1 unspecified atom stereocenters. The van der Waals surface area contributed by atoms with Crippen LogP contribution in [0.5, 0.6) is 0 Å². The fourth-order valence-electron chi connectivity index (χ4n) is 3.53. The Morgan fingerprint density at radius 2 is 2.10 bits per heavy atom. The van der Waals surface area contributed by atoms with Gasteiger partial charge in [0, 0.05) is 25.0 Å². The maximum atomic E-state index is 4.25. The number of nitrogens with one attached hydrogen (secondary N) is 1. The third kappa shape index (κ3) is 3.72. The van der Waals surface area contributed by atoms with Crippen LogP contribution in [0.25, 0.3) is 0 Å². The number of aryl methyl sites for hydroxylation is 1. The molecule has 0 saturated carbocycles. The largest absolute Gasteiger partial charge is 0.314 e. The summed E-state index contributed by atoms with van der Waals surface area (Å²) in [4.78, 5) is 6.85. The van der Waals surface area contributed by atoms with Crippen LogP contribution in [0.4, 0.5) is 0 Å². The fourth-order valence-corrected chi connectivity index (χ4v) is 3.53. The van der Waals surface area contributed by atoms with Gasteiger partial charge >= 0.3 is 0 Å². The van der Waals surface area contributed by atoms with Crippen molar-refractivity contribution in [2.45, 2.75) is 45.2 Å². The van der Waals surface area contributed by atoms with Gasteiger partial charge in [0.1, 0.15) is 0 Å². The molecule has 1 atom stereocenters. The lowest BCUT2D eigenvalue weighted by Gasteiger charge is -2.35. The number of hydrogen-bond acceptors (Lipinski definition) is 3. The minimum absolute atomic E-state index is 0. The lowest BCUT2D eigenvalue weighted by Crippen LogP contribution is -2.40. The van der Waals surface area contributed by atoms with Gasteiger partial charge in [-0.1, -0.05) is 0 Å². The Balaban J connectivity index is 0.00000147. The zero-order valence-corrected chi connectivity index (χ0v) is 13.2. The van der Waals surface area contributed by atoms with Crippen molar-refractivity contribution in [3.05, 3.63) is 29.6 Å². The summed E-state index contributed by atoms with van der Waals surface area (Å²) < 4.78 is 0. The van der Waals surface area contributed by atoms with E-state index in [1.807, 2.05) is 12.4 Å². The van der Waals surface area contributed by atoms with Crippen LogP contribution in [0.1, 0.15) is 36.8 Å². The summed E-state index contributed by atoms with van der Waals surface area (Å²) in [6.45, 7) is 6.99. The van der Waals surface area contributed by atoms with Gasteiger partial charge < -0.3 is 5.32 Å². The van der Waals surface area contributed by atoms with Crippen LogP contribution in [0.15, 0.2) is 18.5 Å². The normalized spacial score (nSPS) is 24.6. The first-order valence-electron chi connectivity index (χ1n) is 7.68. The Hall–Kier alpha value is -0.640. The van der Waals surface area contributed by atoms with Crippen molar-refractivity contribution in [2.24, 2.45) is 5.92 Å². The number of rotatable bonds is 3. The monoisotopic (exact) mass is 295 g/mol. The number of halogens is 1. The molecule has 1 aromatic rings. The zero-order chi connectivity index (χ0) is 13.1. The molecule has 0 spiro atoms. The first kappa shape index (κ1) is 15.7. The maximum Gasteiger partial charge on any atom is 0.0315 e. The Bertz CT molecular complexity index is 410. The summed E-state index contributed by atoms with van der Waals surface area (Å²) in [5, 5.41) is 3.67. The molecule has 0 aromatic carbocycles.